The summed E-state index contributed by atoms with van der Waals surface area (Å²) in [5.74, 6) is -1.18. The van der Waals surface area contributed by atoms with E-state index in [0.717, 1.165) is 5.56 Å². The summed E-state index contributed by atoms with van der Waals surface area (Å²) in [4.78, 5) is 11.2. The van der Waals surface area contributed by atoms with Crippen LogP contribution in [0.5, 0.6) is 0 Å². The van der Waals surface area contributed by atoms with E-state index in [0.29, 0.717) is 0 Å². The molecule has 0 saturated heterocycles. The Morgan fingerprint density at radius 1 is 1.19 bits per heavy atom. The molecule has 0 saturated carbocycles. The van der Waals surface area contributed by atoms with E-state index in [-0.39, 0.29) is 6.42 Å². The third kappa shape index (κ3) is 2.42. The van der Waals surface area contributed by atoms with Crippen LogP contribution in [0.4, 0.5) is 0 Å². The van der Waals surface area contributed by atoms with Crippen LogP contribution in [0.3, 0.4) is 0 Å². The van der Waals surface area contributed by atoms with Gasteiger partial charge < -0.3 is 10.2 Å². The fourth-order valence-corrected chi connectivity index (χ4v) is 1.55. The maximum Gasteiger partial charge on any atom is 0.336 e. The molecule has 1 aromatic rings. The van der Waals surface area contributed by atoms with E-state index in [1.807, 2.05) is 30.3 Å². The minimum Gasteiger partial charge on any atom is -0.479 e. The van der Waals surface area contributed by atoms with Crippen molar-refractivity contribution in [2.75, 3.05) is 0 Å². The van der Waals surface area contributed by atoms with Gasteiger partial charge in [-0.25, -0.2) is 4.79 Å². The third-order valence-corrected chi connectivity index (χ3v) is 2.90. The van der Waals surface area contributed by atoms with Crippen LogP contribution in [0.25, 0.3) is 0 Å². The van der Waals surface area contributed by atoms with Crippen LogP contribution in [-0.4, -0.2) is 21.8 Å². The lowest BCUT2D eigenvalue weighted by Crippen LogP contribution is -2.51. The molecule has 1 unspecified atom stereocenters. The predicted octanol–water partition coefficient (Wildman–Crippen LogP) is 2.09. The average molecular weight is 222 g/mol. The van der Waals surface area contributed by atoms with Crippen molar-refractivity contribution in [2.45, 2.75) is 32.8 Å². The molecule has 0 aliphatic rings. The fourth-order valence-electron chi connectivity index (χ4n) is 1.55. The highest BCUT2D eigenvalue weighted by atomic mass is 16.4. The molecule has 2 N–H and O–H groups in total. The maximum atomic E-state index is 11.2. The van der Waals surface area contributed by atoms with Crippen molar-refractivity contribution in [3.63, 3.8) is 0 Å². The molecule has 1 atom stereocenters. The Morgan fingerprint density at radius 2 is 1.69 bits per heavy atom. The van der Waals surface area contributed by atoms with Crippen molar-refractivity contribution in [3.8, 4) is 0 Å². The first-order chi connectivity index (χ1) is 7.27. The Hall–Kier alpha value is -1.35. The van der Waals surface area contributed by atoms with Gasteiger partial charge >= 0.3 is 5.97 Å². The molecule has 0 aliphatic heterocycles. The highest BCUT2D eigenvalue weighted by Gasteiger charge is 2.47. The summed E-state index contributed by atoms with van der Waals surface area (Å²) < 4.78 is 0. The van der Waals surface area contributed by atoms with Gasteiger partial charge in [-0.3, -0.25) is 0 Å². The molecule has 0 fully saturated rings. The highest BCUT2D eigenvalue weighted by Crippen LogP contribution is 2.33. The van der Waals surface area contributed by atoms with Crippen LogP contribution >= 0.6 is 0 Å². The second-order valence-corrected chi connectivity index (χ2v) is 5.08. The van der Waals surface area contributed by atoms with Gasteiger partial charge in [0, 0.05) is 11.8 Å². The van der Waals surface area contributed by atoms with E-state index < -0.39 is 17.0 Å². The first-order valence-corrected chi connectivity index (χ1v) is 5.27. The maximum absolute atomic E-state index is 11.2. The molecule has 0 amide bonds. The van der Waals surface area contributed by atoms with Crippen LogP contribution in [-0.2, 0) is 11.2 Å². The van der Waals surface area contributed by atoms with Crippen molar-refractivity contribution in [2.24, 2.45) is 5.41 Å². The summed E-state index contributed by atoms with van der Waals surface area (Å²) in [6.45, 7) is 5.18. The molecule has 3 nitrogen and oxygen atoms in total. The van der Waals surface area contributed by atoms with Crippen LogP contribution in [0, 0.1) is 5.41 Å². The number of rotatable bonds is 3. The molecule has 88 valence electrons. The van der Waals surface area contributed by atoms with E-state index in [9.17, 15) is 15.0 Å². The van der Waals surface area contributed by atoms with Crippen molar-refractivity contribution in [3.05, 3.63) is 35.9 Å². The number of aliphatic hydroxyl groups is 1. The quantitative estimate of drug-likeness (QED) is 0.823. The number of carbonyl (C=O) groups is 1. The van der Waals surface area contributed by atoms with Gasteiger partial charge in [0.05, 0.1) is 0 Å². The average Bonchev–Trinajstić information content (AvgIpc) is 2.17. The molecule has 0 bridgehead atoms. The number of carboxylic acids is 1. The van der Waals surface area contributed by atoms with E-state index in [2.05, 4.69) is 0 Å². The van der Waals surface area contributed by atoms with Crippen LogP contribution < -0.4 is 0 Å². The van der Waals surface area contributed by atoms with Gasteiger partial charge in [0.1, 0.15) is 0 Å². The molecule has 0 spiro atoms. The van der Waals surface area contributed by atoms with Gasteiger partial charge in [-0.1, -0.05) is 51.1 Å². The Balaban J connectivity index is 3.03. The summed E-state index contributed by atoms with van der Waals surface area (Å²) >= 11 is 0. The third-order valence-electron chi connectivity index (χ3n) is 2.90. The second-order valence-electron chi connectivity index (χ2n) is 5.08. The van der Waals surface area contributed by atoms with Gasteiger partial charge in [0.25, 0.3) is 0 Å². The molecular weight excluding hydrogens is 204 g/mol. The Kier molecular flexibility index (Phi) is 3.38. The minimum atomic E-state index is -1.74. The Morgan fingerprint density at radius 3 is 2.06 bits per heavy atom. The van der Waals surface area contributed by atoms with Crippen molar-refractivity contribution < 1.29 is 15.0 Å². The highest BCUT2D eigenvalue weighted by molar-refractivity contribution is 5.78. The summed E-state index contributed by atoms with van der Waals surface area (Å²) in [6.07, 6.45) is 0.118. The Labute approximate surface area is 95.7 Å². The number of hydrogen-bond donors (Lipinski definition) is 2. The SMILES string of the molecule is CC(C)(C)C(O)(Cc1ccccc1)C(=O)O. The zero-order valence-electron chi connectivity index (χ0n) is 9.90. The largest absolute Gasteiger partial charge is 0.479 e. The van der Waals surface area contributed by atoms with Crippen LogP contribution in [0.2, 0.25) is 0 Å². The zero-order valence-corrected chi connectivity index (χ0v) is 9.90. The van der Waals surface area contributed by atoms with Gasteiger partial charge in [-0.15, -0.1) is 0 Å². The molecule has 1 rings (SSSR count). The monoisotopic (exact) mass is 222 g/mol. The number of benzene rings is 1. The summed E-state index contributed by atoms with van der Waals surface area (Å²) in [5.41, 5.74) is -1.63. The molecule has 0 aliphatic carbocycles. The molecule has 1 aromatic carbocycles. The molecule has 0 heterocycles. The van der Waals surface area contributed by atoms with Crippen molar-refractivity contribution >= 4 is 5.97 Å². The van der Waals surface area contributed by atoms with Crippen molar-refractivity contribution in [1.29, 1.82) is 0 Å². The fraction of sp³-hybridized carbons (Fsp3) is 0.462. The van der Waals surface area contributed by atoms with E-state index in [1.54, 1.807) is 20.8 Å². The molecule has 3 heteroatoms. The first-order valence-electron chi connectivity index (χ1n) is 5.27. The number of aliphatic carboxylic acids is 1. The summed E-state index contributed by atoms with van der Waals surface area (Å²) in [6, 6.07) is 9.17. The lowest BCUT2D eigenvalue weighted by molar-refractivity contribution is -0.171. The lowest BCUT2D eigenvalue weighted by Gasteiger charge is -2.36. The van der Waals surface area contributed by atoms with Gasteiger partial charge in [0.2, 0.25) is 0 Å². The molecule has 0 aromatic heterocycles. The summed E-state index contributed by atoms with van der Waals surface area (Å²) in [5, 5.41) is 19.5. The number of carboxylic acid groups (broad SMARTS) is 1. The smallest absolute Gasteiger partial charge is 0.336 e. The minimum absolute atomic E-state index is 0.118. The van der Waals surface area contributed by atoms with E-state index in [1.165, 1.54) is 0 Å². The zero-order chi connectivity index (χ0) is 12.4. The van der Waals surface area contributed by atoms with Gasteiger partial charge in [0.15, 0.2) is 5.60 Å². The molecular formula is C13H18O3. The first kappa shape index (κ1) is 12.7. The van der Waals surface area contributed by atoms with Gasteiger partial charge in [-0.2, -0.15) is 0 Å². The summed E-state index contributed by atoms with van der Waals surface area (Å²) in [7, 11) is 0. The Bertz CT molecular complexity index is 365. The molecule has 0 radical (unpaired) electrons. The standard InChI is InChI=1S/C13H18O3/c1-12(2,3)13(16,11(14)15)9-10-7-5-4-6-8-10/h4-8,16H,9H2,1-3H3,(H,14,15). The van der Waals surface area contributed by atoms with Gasteiger partial charge in [-0.05, 0) is 5.56 Å². The predicted molar refractivity (Wildman–Crippen MR) is 62.2 cm³/mol. The number of hydrogen-bond acceptors (Lipinski definition) is 2. The topological polar surface area (TPSA) is 57.5 Å². The van der Waals surface area contributed by atoms with Crippen molar-refractivity contribution in [1.82, 2.24) is 0 Å². The second kappa shape index (κ2) is 4.26. The normalized spacial score (nSPS) is 15.5. The van der Waals surface area contributed by atoms with E-state index >= 15 is 0 Å². The lowest BCUT2D eigenvalue weighted by atomic mass is 9.73. The molecule has 16 heavy (non-hydrogen) atoms. The van der Waals surface area contributed by atoms with Crippen LogP contribution in [0.1, 0.15) is 26.3 Å². The van der Waals surface area contributed by atoms with E-state index in [4.69, 9.17) is 0 Å². The van der Waals surface area contributed by atoms with Crippen LogP contribution in [0.15, 0.2) is 30.3 Å².